The van der Waals surface area contributed by atoms with Crippen LogP contribution in [-0.4, -0.2) is 9.78 Å². The maximum absolute atomic E-state index is 6.22. The number of aryl methyl sites for hydroxylation is 1. The highest BCUT2D eigenvalue weighted by Crippen LogP contribution is 2.36. The maximum atomic E-state index is 6.22. The summed E-state index contributed by atoms with van der Waals surface area (Å²) in [5.41, 5.74) is 10.2. The molecule has 0 aliphatic carbocycles. The predicted molar refractivity (Wildman–Crippen MR) is 93.9 cm³/mol. The topological polar surface area (TPSA) is 43.8 Å². The predicted octanol–water partition coefficient (Wildman–Crippen LogP) is 4.86. The van der Waals surface area contributed by atoms with Crippen molar-refractivity contribution in [1.82, 2.24) is 9.78 Å². The number of nitrogens with two attached hydrogens (primary N) is 1. The van der Waals surface area contributed by atoms with Crippen molar-refractivity contribution < 1.29 is 0 Å². The molecule has 0 unspecified atom stereocenters. The number of rotatable bonds is 2. The second-order valence-electron chi connectivity index (χ2n) is 4.75. The first-order valence-electron chi connectivity index (χ1n) is 6.40. The molecule has 0 saturated heterocycles. The standard InChI is InChI=1S/C16H13Br2N3/c1-21-16(19)14(10-2-6-12(17)7-3-10)15(20-21)11-4-8-13(18)9-5-11/h2-9H,19H2,1H3. The van der Waals surface area contributed by atoms with E-state index in [-0.39, 0.29) is 0 Å². The zero-order valence-corrected chi connectivity index (χ0v) is 14.5. The van der Waals surface area contributed by atoms with Crippen molar-refractivity contribution in [3.8, 4) is 22.4 Å². The smallest absolute Gasteiger partial charge is 0.129 e. The van der Waals surface area contributed by atoms with Crippen molar-refractivity contribution in [3.05, 3.63) is 57.5 Å². The van der Waals surface area contributed by atoms with Gasteiger partial charge in [0, 0.05) is 21.6 Å². The second kappa shape index (κ2) is 5.66. The molecule has 5 heteroatoms. The molecule has 2 N–H and O–H groups in total. The summed E-state index contributed by atoms with van der Waals surface area (Å²) in [5.74, 6) is 0.662. The van der Waals surface area contributed by atoms with Crippen LogP contribution in [0.25, 0.3) is 22.4 Å². The Labute approximate surface area is 140 Å². The van der Waals surface area contributed by atoms with Gasteiger partial charge >= 0.3 is 0 Å². The van der Waals surface area contributed by atoms with Gasteiger partial charge in [-0.3, -0.25) is 4.68 Å². The van der Waals surface area contributed by atoms with Gasteiger partial charge in [0.25, 0.3) is 0 Å². The van der Waals surface area contributed by atoms with Gasteiger partial charge in [-0.25, -0.2) is 0 Å². The van der Waals surface area contributed by atoms with Crippen molar-refractivity contribution in [2.75, 3.05) is 5.73 Å². The molecule has 0 aliphatic rings. The molecular weight excluding hydrogens is 394 g/mol. The first kappa shape index (κ1) is 14.4. The molecule has 0 aliphatic heterocycles. The van der Waals surface area contributed by atoms with Crippen LogP contribution in [0.1, 0.15) is 0 Å². The molecule has 3 aromatic rings. The van der Waals surface area contributed by atoms with Crippen molar-refractivity contribution in [2.45, 2.75) is 0 Å². The molecule has 106 valence electrons. The van der Waals surface area contributed by atoms with E-state index in [0.717, 1.165) is 31.3 Å². The number of nitrogens with zero attached hydrogens (tertiary/aromatic N) is 2. The fourth-order valence-electron chi connectivity index (χ4n) is 2.25. The van der Waals surface area contributed by atoms with E-state index in [1.165, 1.54) is 0 Å². The Bertz CT molecular complexity index is 775. The third-order valence-corrected chi connectivity index (χ3v) is 4.40. The summed E-state index contributed by atoms with van der Waals surface area (Å²) in [7, 11) is 1.86. The minimum Gasteiger partial charge on any atom is -0.383 e. The minimum atomic E-state index is 0.662. The summed E-state index contributed by atoms with van der Waals surface area (Å²) < 4.78 is 3.80. The Balaban J connectivity index is 2.20. The number of halogens is 2. The zero-order chi connectivity index (χ0) is 15.0. The Kier molecular flexibility index (Phi) is 3.87. The third kappa shape index (κ3) is 2.76. The summed E-state index contributed by atoms with van der Waals surface area (Å²) >= 11 is 6.91. The molecular formula is C16H13Br2N3. The number of aromatic nitrogens is 2. The number of hydrogen-bond acceptors (Lipinski definition) is 2. The van der Waals surface area contributed by atoms with Crippen molar-refractivity contribution in [3.63, 3.8) is 0 Å². The Hall–Kier alpha value is -1.59. The van der Waals surface area contributed by atoms with Gasteiger partial charge in [-0.05, 0) is 29.8 Å². The fraction of sp³-hybridized carbons (Fsp3) is 0.0625. The Morgan fingerprint density at radius 3 is 1.86 bits per heavy atom. The Morgan fingerprint density at radius 2 is 1.33 bits per heavy atom. The number of anilines is 1. The fourth-order valence-corrected chi connectivity index (χ4v) is 2.78. The first-order chi connectivity index (χ1) is 10.1. The zero-order valence-electron chi connectivity index (χ0n) is 11.3. The van der Waals surface area contributed by atoms with Gasteiger partial charge in [0.15, 0.2) is 0 Å². The molecule has 21 heavy (non-hydrogen) atoms. The van der Waals surface area contributed by atoms with Crippen LogP contribution in [0.15, 0.2) is 57.5 Å². The maximum Gasteiger partial charge on any atom is 0.129 e. The molecule has 1 aromatic heterocycles. The van der Waals surface area contributed by atoms with Crippen LogP contribution in [0, 0.1) is 0 Å². The van der Waals surface area contributed by atoms with E-state index in [1.807, 2.05) is 55.6 Å². The summed E-state index contributed by atoms with van der Waals surface area (Å²) in [4.78, 5) is 0. The highest BCUT2D eigenvalue weighted by molar-refractivity contribution is 9.10. The number of nitrogen functional groups attached to an aromatic ring is 1. The first-order valence-corrected chi connectivity index (χ1v) is 7.99. The molecule has 0 fully saturated rings. The van der Waals surface area contributed by atoms with Crippen LogP contribution in [0.2, 0.25) is 0 Å². The van der Waals surface area contributed by atoms with E-state index in [0.29, 0.717) is 5.82 Å². The summed E-state index contributed by atoms with van der Waals surface area (Å²) in [6.07, 6.45) is 0. The SMILES string of the molecule is Cn1nc(-c2ccc(Br)cc2)c(-c2ccc(Br)cc2)c1N. The quantitative estimate of drug-likeness (QED) is 0.660. The largest absolute Gasteiger partial charge is 0.383 e. The lowest BCUT2D eigenvalue weighted by atomic mass is 10.0. The average Bonchev–Trinajstić information content (AvgIpc) is 2.77. The molecule has 1 heterocycles. The third-order valence-electron chi connectivity index (χ3n) is 3.34. The monoisotopic (exact) mass is 405 g/mol. The molecule has 0 atom stereocenters. The number of hydrogen-bond donors (Lipinski definition) is 1. The van der Waals surface area contributed by atoms with E-state index in [9.17, 15) is 0 Å². The van der Waals surface area contributed by atoms with Crippen LogP contribution in [-0.2, 0) is 7.05 Å². The van der Waals surface area contributed by atoms with Gasteiger partial charge in [-0.1, -0.05) is 56.1 Å². The minimum absolute atomic E-state index is 0.662. The van der Waals surface area contributed by atoms with Crippen molar-refractivity contribution in [1.29, 1.82) is 0 Å². The molecule has 3 nitrogen and oxygen atoms in total. The molecule has 0 saturated carbocycles. The lowest BCUT2D eigenvalue weighted by Gasteiger charge is -2.05. The van der Waals surface area contributed by atoms with Gasteiger partial charge in [-0.2, -0.15) is 5.10 Å². The lowest BCUT2D eigenvalue weighted by Crippen LogP contribution is -1.97. The molecule has 2 aromatic carbocycles. The van der Waals surface area contributed by atoms with Crippen LogP contribution in [0.5, 0.6) is 0 Å². The Morgan fingerprint density at radius 1 is 0.857 bits per heavy atom. The van der Waals surface area contributed by atoms with E-state index in [1.54, 1.807) is 4.68 Å². The molecule has 0 amide bonds. The van der Waals surface area contributed by atoms with Gasteiger partial charge in [0.05, 0.1) is 5.56 Å². The van der Waals surface area contributed by atoms with Crippen LogP contribution in [0.4, 0.5) is 5.82 Å². The average molecular weight is 407 g/mol. The van der Waals surface area contributed by atoms with Gasteiger partial charge in [0.2, 0.25) is 0 Å². The van der Waals surface area contributed by atoms with Crippen LogP contribution >= 0.6 is 31.9 Å². The van der Waals surface area contributed by atoms with Gasteiger partial charge in [-0.15, -0.1) is 0 Å². The van der Waals surface area contributed by atoms with Crippen LogP contribution < -0.4 is 5.73 Å². The summed E-state index contributed by atoms with van der Waals surface area (Å²) in [6, 6.07) is 16.2. The summed E-state index contributed by atoms with van der Waals surface area (Å²) in [6.45, 7) is 0. The summed E-state index contributed by atoms with van der Waals surface area (Å²) in [5, 5.41) is 4.57. The van der Waals surface area contributed by atoms with Gasteiger partial charge < -0.3 is 5.73 Å². The number of benzene rings is 2. The lowest BCUT2D eigenvalue weighted by molar-refractivity contribution is 0.782. The van der Waals surface area contributed by atoms with E-state index >= 15 is 0 Å². The van der Waals surface area contributed by atoms with E-state index in [4.69, 9.17) is 5.73 Å². The highest BCUT2D eigenvalue weighted by Gasteiger charge is 2.17. The second-order valence-corrected chi connectivity index (χ2v) is 6.58. The van der Waals surface area contributed by atoms with Gasteiger partial charge in [0.1, 0.15) is 11.5 Å². The van der Waals surface area contributed by atoms with E-state index in [2.05, 4.69) is 37.0 Å². The highest BCUT2D eigenvalue weighted by atomic mass is 79.9. The molecule has 0 bridgehead atoms. The van der Waals surface area contributed by atoms with Crippen LogP contribution in [0.3, 0.4) is 0 Å². The van der Waals surface area contributed by atoms with Crippen molar-refractivity contribution >= 4 is 37.7 Å². The molecule has 0 spiro atoms. The van der Waals surface area contributed by atoms with E-state index < -0.39 is 0 Å². The van der Waals surface area contributed by atoms with Crippen molar-refractivity contribution in [2.24, 2.45) is 7.05 Å². The molecule has 0 radical (unpaired) electrons. The molecule has 3 rings (SSSR count). The normalized spacial score (nSPS) is 10.8.